The van der Waals surface area contributed by atoms with Crippen molar-refractivity contribution in [2.75, 3.05) is 6.54 Å². The fourth-order valence-corrected chi connectivity index (χ4v) is 3.39. The van der Waals surface area contributed by atoms with Crippen LogP contribution in [0.25, 0.3) is 0 Å². The lowest BCUT2D eigenvalue weighted by molar-refractivity contribution is 0.581. The Morgan fingerprint density at radius 1 is 1.25 bits per heavy atom. The van der Waals surface area contributed by atoms with Crippen molar-refractivity contribution in [1.82, 2.24) is 9.71 Å². The van der Waals surface area contributed by atoms with Crippen LogP contribution in [0.5, 0.6) is 0 Å². The summed E-state index contributed by atoms with van der Waals surface area (Å²) in [6, 6.07) is 10.4. The maximum Gasteiger partial charge on any atom is 0.242 e. The normalized spacial score (nSPS) is 11.5. The van der Waals surface area contributed by atoms with Gasteiger partial charge in [0, 0.05) is 24.9 Å². The van der Waals surface area contributed by atoms with E-state index in [1.54, 1.807) is 18.3 Å². The Kier molecular flexibility index (Phi) is 4.75. The maximum atomic E-state index is 12.1. The highest BCUT2D eigenvalue weighted by Gasteiger charge is 2.17. The van der Waals surface area contributed by atoms with E-state index >= 15 is 0 Å². The van der Waals surface area contributed by atoms with Crippen LogP contribution in [-0.4, -0.2) is 19.9 Å². The number of rotatable bonds is 5. The van der Waals surface area contributed by atoms with Crippen molar-refractivity contribution in [2.24, 2.45) is 0 Å². The molecule has 0 aliphatic rings. The summed E-state index contributed by atoms with van der Waals surface area (Å²) in [6.45, 7) is 2.14. The van der Waals surface area contributed by atoms with Crippen LogP contribution in [0.15, 0.2) is 47.5 Å². The molecule has 0 aliphatic carbocycles. The summed E-state index contributed by atoms with van der Waals surface area (Å²) in [4.78, 5) is 4.24. The van der Waals surface area contributed by atoms with E-state index in [2.05, 4.69) is 9.71 Å². The molecule has 1 aromatic carbocycles. The zero-order chi connectivity index (χ0) is 14.6. The van der Waals surface area contributed by atoms with Crippen LogP contribution in [0.3, 0.4) is 0 Å². The van der Waals surface area contributed by atoms with Gasteiger partial charge in [0.05, 0.1) is 5.02 Å². The molecule has 0 fully saturated rings. The van der Waals surface area contributed by atoms with Crippen LogP contribution in [0.1, 0.15) is 11.3 Å². The van der Waals surface area contributed by atoms with Gasteiger partial charge in [0.25, 0.3) is 0 Å². The molecule has 0 saturated carbocycles. The molecule has 106 valence electrons. The highest BCUT2D eigenvalue weighted by Crippen LogP contribution is 2.22. The van der Waals surface area contributed by atoms with Gasteiger partial charge >= 0.3 is 0 Å². The lowest BCUT2D eigenvalue weighted by Crippen LogP contribution is -2.26. The molecule has 0 aliphatic heterocycles. The minimum atomic E-state index is -3.59. The van der Waals surface area contributed by atoms with Gasteiger partial charge in [0.1, 0.15) is 4.90 Å². The maximum absolute atomic E-state index is 12.1. The number of halogens is 1. The molecule has 6 heteroatoms. The third kappa shape index (κ3) is 3.79. The second-order valence-corrected chi connectivity index (χ2v) is 6.55. The van der Waals surface area contributed by atoms with E-state index < -0.39 is 10.0 Å². The molecule has 0 spiro atoms. The standard InChI is InChI=1S/C14H15ClN2O2S/c1-11-5-6-14(13(15)10-11)20(18,19)17-9-7-12-4-2-3-8-16-12/h2-6,8,10,17H,7,9H2,1H3. The average Bonchev–Trinajstić information content (AvgIpc) is 2.39. The third-order valence-corrected chi connectivity index (χ3v) is 4.72. The van der Waals surface area contributed by atoms with Gasteiger partial charge in [0.2, 0.25) is 10.0 Å². The first-order valence-corrected chi connectivity index (χ1v) is 8.01. The SMILES string of the molecule is Cc1ccc(S(=O)(=O)NCCc2ccccn2)c(Cl)c1. The molecular formula is C14H15ClN2O2S. The second-order valence-electron chi connectivity index (χ2n) is 4.40. The predicted octanol–water partition coefficient (Wildman–Crippen LogP) is 2.56. The van der Waals surface area contributed by atoms with Gasteiger partial charge in [-0.15, -0.1) is 0 Å². The second kappa shape index (κ2) is 6.35. The summed E-state index contributed by atoms with van der Waals surface area (Å²) >= 11 is 5.98. The van der Waals surface area contributed by atoms with Gasteiger partial charge in [-0.1, -0.05) is 23.7 Å². The number of hydrogen-bond donors (Lipinski definition) is 1. The molecule has 1 heterocycles. The Hall–Kier alpha value is -1.43. The van der Waals surface area contributed by atoms with Crippen LogP contribution in [0.4, 0.5) is 0 Å². The number of aryl methyl sites for hydroxylation is 1. The molecule has 4 nitrogen and oxygen atoms in total. The van der Waals surface area contributed by atoms with Crippen LogP contribution < -0.4 is 4.72 Å². The quantitative estimate of drug-likeness (QED) is 0.923. The minimum Gasteiger partial charge on any atom is -0.261 e. The molecule has 0 amide bonds. The molecule has 0 bridgehead atoms. The number of hydrogen-bond acceptors (Lipinski definition) is 3. The van der Waals surface area contributed by atoms with Crippen molar-refractivity contribution in [2.45, 2.75) is 18.2 Å². The predicted molar refractivity (Wildman–Crippen MR) is 79.3 cm³/mol. The first kappa shape index (κ1) is 15.0. The van der Waals surface area contributed by atoms with Gasteiger partial charge in [0.15, 0.2) is 0 Å². The lowest BCUT2D eigenvalue weighted by atomic mass is 10.2. The topological polar surface area (TPSA) is 59.1 Å². The molecule has 2 rings (SSSR count). The summed E-state index contributed by atoms with van der Waals surface area (Å²) in [5, 5.41) is 0.232. The molecule has 20 heavy (non-hydrogen) atoms. The first-order valence-electron chi connectivity index (χ1n) is 6.15. The van der Waals surface area contributed by atoms with Crippen molar-refractivity contribution < 1.29 is 8.42 Å². The fraction of sp³-hybridized carbons (Fsp3) is 0.214. The van der Waals surface area contributed by atoms with Crippen molar-refractivity contribution in [3.05, 3.63) is 58.9 Å². The first-order chi connectivity index (χ1) is 9.49. The van der Waals surface area contributed by atoms with E-state index in [9.17, 15) is 8.42 Å². The molecule has 0 radical (unpaired) electrons. The summed E-state index contributed by atoms with van der Waals surface area (Å²) in [5.41, 5.74) is 1.76. The van der Waals surface area contributed by atoms with Crippen LogP contribution in [0.2, 0.25) is 5.02 Å². The Balaban J connectivity index is 2.04. The Morgan fingerprint density at radius 3 is 2.70 bits per heavy atom. The number of pyridine rings is 1. The number of aromatic nitrogens is 1. The summed E-state index contributed by atoms with van der Waals surface area (Å²) < 4.78 is 26.8. The van der Waals surface area contributed by atoms with Crippen molar-refractivity contribution >= 4 is 21.6 Å². The van der Waals surface area contributed by atoms with E-state index in [1.807, 2.05) is 25.1 Å². The summed E-state index contributed by atoms with van der Waals surface area (Å²) in [7, 11) is -3.59. The van der Waals surface area contributed by atoms with E-state index in [-0.39, 0.29) is 16.5 Å². The van der Waals surface area contributed by atoms with Gasteiger partial charge < -0.3 is 0 Å². The van der Waals surface area contributed by atoms with Crippen LogP contribution >= 0.6 is 11.6 Å². The largest absolute Gasteiger partial charge is 0.261 e. The number of sulfonamides is 1. The monoisotopic (exact) mass is 310 g/mol. The van der Waals surface area contributed by atoms with Gasteiger partial charge in [-0.2, -0.15) is 0 Å². The molecule has 1 N–H and O–H groups in total. The average molecular weight is 311 g/mol. The Bertz CT molecular complexity index is 688. The third-order valence-electron chi connectivity index (χ3n) is 2.78. The van der Waals surface area contributed by atoms with E-state index in [1.165, 1.54) is 6.07 Å². The highest BCUT2D eigenvalue weighted by molar-refractivity contribution is 7.89. The number of nitrogens with one attached hydrogen (secondary N) is 1. The molecule has 2 aromatic rings. The zero-order valence-corrected chi connectivity index (χ0v) is 12.6. The number of nitrogens with zero attached hydrogens (tertiary/aromatic N) is 1. The van der Waals surface area contributed by atoms with Crippen molar-refractivity contribution in [1.29, 1.82) is 0 Å². The molecule has 0 saturated heterocycles. The Labute approximate surface area is 123 Å². The van der Waals surface area contributed by atoms with Gasteiger partial charge in [-0.3, -0.25) is 4.98 Å². The van der Waals surface area contributed by atoms with E-state index in [0.717, 1.165) is 11.3 Å². The summed E-state index contributed by atoms with van der Waals surface area (Å²) in [5.74, 6) is 0. The van der Waals surface area contributed by atoms with Crippen LogP contribution in [0, 0.1) is 6.92 Å². The summed E-state index contributed by atoms with van der Waals surface area (Å²) in [6.07, 6.45) is 2.21. The molecular weight excluding hydrogens is 296 g/mol. The smallest absolute Gasteiger partial charge is 0.242 e. The van der Waals surface area contributed by atoms with Crippen molar-refractivity contribution in [3.8, 4) is 0 Å². The molecule has 0 atom stereocenters. The molecule has 1 aromatic heterocycles. The van der Waals surface area contributed by atoms with Crippen molar-refractivity contribution in [3.63, 3.8) is 0 Å². The number of benzene rings is 1. The fourth-order valence-electron chi connectivity index (χ4n) is 1.76. The van der Waals surface area contributed by atoms with Gasteiger partial charge in [-0.05, 0) is 36.8 Å². The van der Waals surface area contributed by atoms with Gasteiger partial charge in [-0.25, -0.2) is 13.1 Å². The highest BCUT2D eigenvalue weighted by atomic mass is 35.5. The van der Waals surface area contributed by atoms with E-state index in [4.69, 9.17) is 11.6 Å². The van der Waals surface area contributed by atoms with E-state index in [0.29, 0.717) is 6.42 Å². The van der Waals surface area contributed by atoms with Crippen LogP contribution in [-0.2, 0) is 16.4 Å². The lowest BCUT2D eigenvalue weighted by Gasteiger charge is -2.08. The minimum absolute atomic E-state index is 0.103. The zero-order valence-electron chi connectivity index (χ0n) is 11.0. The molecule has 0 unspecified atom stereocenters. The Morgan fingerprint density at radius 2 is 2.05 bits per heavy atom.